The van der Waals surface area contributed by atoms with E-state index in [1.165, 1.54) is 17.6 Å². The first-order chi connectivity index (χ1) is 14.0. The molecule has 0 unspecified atom stereocenters. The number of amides is 1. The lowest BCUT2D eigenvalue weighted by atomic mass is 9.87. The van der Waals surface area contributed by atoms with E-state index < -0.39 is 9.84 Å². The number of thiazole rings is 1. The molecule has 6 nitrogen and oxygen atoms in total. The molecule has 30 heavy (non-hydrogen) atoms. The number of methoxy groups -OCH3 is 1. The molecule has 8 heteroatoms. The topological polar surface area (TPSA) is 77.7 Å². The maximum Gasteiger partial charge on any atom is 0.279 e. The molecule has 0 spiro atoms. The molecule has 0 bridgehead atoms. The second-order valence-corrected chi connectivity index (χ2v) is 11.2. The molecule has 2 aromatic carbocycles. The zero-order valence-electron chi connectivity index (χ0n) is 17.8. The van der Waals surface area contributed by atoms with E-state index in [1.807, 2.05) is 16.7 Å². The van der Waals surface area contributed by atoms with E-state index >= 15 is 0 Å². The molecule has 160 valence electrons. The predicted molar refractivity (Wildman–Crippen MR) is 120 cm³/mol. The molecule has 0 radical (unpaired) electrons. The number of ether oxygens (including phenoxy) is 1. The highest BCUT2D eigenvalue weighted by atomic mass is 32.2. The number of carbonyl (C=O) groups excluding carboxylic acids is 1. The molecule has 1 aromatic heterocycles. The summed E-state index contributed by atoms with van der Waals surface area (Å²) < 4.78 is 31.6. The van der Waals surface area contributed by atoms with Crippen molar-refractivity contribution in [2.75, 3.05) is 20.0 Å². The molecule has 0 saturated carbocycles. The minimum atomic E-state index is -3.32. The summed E-state index contributed by atoms with van der Waals surface area (Å²) in [6, 6.07) is 12.4. The number of carbonyl (C=O) groups is 1. The first-order valence-corrected chi connectivity index (χ1v) is 12.2. The van der Waals surface area contributed by atoms with Gasteiger partial charge >= 0.3 is 0 Å². The van der Waals surface area contributed by atoms with Gasteiger partial charge in [-0.3, -0.25) is 4.79 Å². The van der Waals surface area contributed by atoms with E-state index in [1.54, 1.807) is 37.4 Å². The van der Waals surface area contributed by atoms with Crippen molar-refractivity contribution in [3.8, 4) is 0 Å². The summed E-state index contributed by atoms with van der Waals surface area (Å²) in [5, 5.41) is 0. The van der Waals surface area contributed by atoms with Crippen LogP contribution in [0.1, 0.15) is 36.7 Å². The average molecular weight is 447 g/mol. The minimum Gasteiger partial charge on any atom is -0.383 e. The van der Waals surface area contributed by atoms with E-state index in [4.69, 9.17) is 4.74 Å². The smallest absolute Gasteiger partial charge is 0.279 e. The summed E-state index contributed by atoms with van der Waals surface area (Å²) in [6.07, 6.45) is 1.18. The van der Waals surface area contributed by atoms with Gasteiger partial charge in [0.15, 0.2) is 14.6 Å². The van der Waals surface area contributed by atoms with Gasteiger partial charge in [0.2, 0.25) is 0 Å². The van der Waals surface area contributed by atoms with Gasteiger partial charge in [-0.15, -0.1) is 0 Å². The van der Waals surface area contributed by atoms with Gasteiger partial charge in [-0.25, -0.2) is 8.42 Å². The highest BCUT2D eigenvalue weighted by Gasteiger charge is 2.15. The van der Waals surface area contributed by atoms with Crippen molar-refractivity contribution in [1.29, 1.82) is 0 Å². The number of rotatable bonds is 5. The van der Waals surface area contributed by atoms with Crippen molar-refractivity contribution in [2.45, 2.75) is 37.6 Å². The third kappa shape index (κ3) is 4.88. The van der Waals surface area contributed by atoms with Gasteiger partial charge in [-0.05, 0) is 41.3 Å². The maximum absolute atomic E-state index is 12.8. The van der Waals surface area contributed by atoms with Crippen LogP contribution in [0.5, 0.6) is 0 Å². The average Bonchev–Trinajstić information content (AvgIpc) is 3.01. The van der Waals surface area contributed by atoms with E-state index in [-0.39, 0.29) is 16.2 Å². The summed E-state index contributed by atoms with van der Waals surface area (Å²) >= 11 is 1.29. The Morgan fingerprint density at radius 1 is 1.13 bits per heavy atom. The van der Waals surface area contributed by atoms with Gasteiger partial charge in [0.1, 0.15) is 0 Å². The summed E-state index contributed by atoms with van der Waals surface area (Å²) in [7, 11) is -1.72. The van der Waals surface area contributed by atoms with Gasteiger partial charge < -0.3 is 9.30 Å². The number of hydrogen-bond acceptors (Lipinski definition) is 5. The van der Waals surface area contributed by atoms with Crippen LogP contribution in [0.4, 0.5) is 0 Å². The Hall–Kier alpha value is -2.29. The summed E-state index contributed by atoms with van der Waals surface area (Å²) in [4.78, 5) is 17.9. The van der Waals surface area contributed by atoms with E-state index in [2.05, 4.69) is 25.8 Å². The quantitative estimate of drug-likeness (QED) is 0.597. The van der Waals surface area contributed by atoms with Gasteiger partial charge in [-0.1, -0.05) is 44.2 Å². The number of nitrogens with zero attached hydrogens (tertiary/aromatic N) is 2. The van der Waals surface area contributed by atoms with Crippen LogP contribution in [0.25, 0.3) is 10.2 Å². The number of sulfone groups is 1. The molecule has 0 atom stereocenters. The van der Waals surface area contributed by atoms with Gasteiger partial charge in [0.25, 0.3) is 5.91 Å². The number of fused-ring (bicyclic) bond motifs is 1. The normalized spacial score (nSPS) is 13.2. The Morgan fingerprint density at radius 3 is 2.37 bits per heavy atom. The van der Waals surface area contributed by atoms with Crippen LogP contribution in [0.3, 0.4) is 0 Å². The highest BCUT2D eigenvalue weighted by molar-refractivity contribution is 7.90. The van der Waals surface area contributed by atoms with Crippen molar-refractivity contribution < 1.29 is 17.9 Å². The second-order valence-electron chi connectivity index (χ2n) is 8.18. The fourth-order valence-corrected chi connectivity index (χ4v) is 4.85. The zero-order valence-corrected chi connectivity index (χ0v) is 19.4. The van der Waals surface area contributed by atoms with E-state index in [9.17, 15) is 13.2 Å². The van der Waals surface area contributed by atoms with Crippen molar-refractivity contribution in [1.82, 2.24) is 4.57 Å². The number of benzene rings is 2. The third-order valence-electron chi connectivity index (χ3n) is 4.80. The Morgan fingerprint density at radius 2 is 1.80 bits per heavy atom. The van der Waals surface area contributed by atoms with Crippen molar-refractivity contribution in [3.63, 3.8) is 0 Å². The predicted octanol–water partition coefficient (Wildman–Crippen LogP) is 3.79. The number of aromatic nitrogens is 1. The largest absolute Gasteiger partial charge is 0.383 e. The fourth-order valence-electron chi connectivity index (χ4n) is 3.03. The van der Waals surface area contributed by atoms with Gasteiger partial charge in [0.05, 0.1) is 21.7 Å². The monoisotopic (exact) mass is 446 g/mol. The molecule has 3 rings (SSSR count). The van der Waals surface area contributed by atoms with Crippen molar-refractivity contribution in [3.05, 3.63) is 58.4 Å². The molecule has 3 aromatic rings. The van der Waals surface area contributed by atoms with Crippen molar-refractivity contribution >= 4 is 37.3 Å². The lowest BCUT2D eigenvalue weighted by Gasteiger charge is -2.18. The highest BCUT2D eigenvalue weighted by Crippen LogP contribution is 2.23. The molecule has 0 aliphatic heterocycles. The molecule has 1 heterocycles. The first-order valence-electron chi connectivity index (χ1n) is 9.53. The zero-order chi connectivity index (χ0) is 22.1. The molecule has 0 fully saturated rings. The van der Waals surface area contributed by atoms with Gasteiger partial charge in [-0.2, -0.15) is 4.99 Å². The SMILES string of the molecule is COCCn1c(=NC(=O)c2ccc(C(C)(C)C)cc2)sc2cc(S(C)(=O)=O)ccc21. The van der Waals surface area contributed by atoms with Crippen LogP contribution in [0, 0.1) is 0 Å². The Labute approximate surface area is 180 Å². The molecule has 0 saturated heterocycles. The molecule has 0 aliphatic carbocycles. The van der Waals surface area contributed by atoms with E-state index in [0.717, 1.165) is 15.8 Å². The lowest BCUT2D eigenvalue weighted by molar-refractivity contribution is 0.0997. The van der Waals surface area contributed by atoms with Crippen LogP contribution >= 0.6 is 11.3 Å². The van der Waals surface area contributed by atoms with Gasteiger partial charge in [0, 0.05) is 25.5 Å². The molecular formula is C22H26N2O4S2. The Kier molecular flexibility index (Phi) is 6.31. The van der Waals surface area contributed by atoms with Crippen molar-refractivity contribution in [2.24, 2.45) is 4.99 Å². The van der Waals surface area contributed by atoms with Crippen LogP contribution in [-0.4, -0.2) is 38.9 Å². The Bertz CT molecular complexity index is 1250. The van der Waals surface area contributed by atoms with E-state index in [0.29, 0.717) is 23.5 Å². The second kappa shape index (κ2) is 8.45. The summed E-state index contributed by atoms with van der Waals surface area (Å²) in [5.74, 6) is -0.337. The molecule has 0 N–H and O–H groups in total. The minimum absolute atomic E-state index is 0.00465. The molecular weight excluding hydrogens is 420 g/mol. The molecule has 0 aliphatic rings. The van der Waals surface area contributed by atoms with Crippen LogP contribution in [0.15, 0.2) is 52.4 Å². The maximum atomic E-state index is 12.8. The first kappa shape index (κ1) is 22.4. The van der Waals surface area contributed by atoms with Crippen LogP contribution in [0.2, 0.25) is 0 Å². The Balaban J connectivity index is 2.08. The number of hydrogen-bond donors (Lipinski definition) is 0. The summed E-state index contributed by atoms with van der Waals surface area (Å²) in [5.41, 5.74) is 2.48. The summed E-state index contributed by atoms with van der Waals surface area (Å²) in [6.45, 7) is 7.31. The fraction of sp³-hybridized carbons (Fsp3) is 0.364. The van der Waals surface area contributed by atoms with Crippen LogP contribution in [-0.2, 0) is 26.5 Å². The van der Waals surface area contributed by atoms with Crippen LogP contribution < -0.4 is 4.80 Å². The third-order valence-corrected chi connectivity index (χ3v) is 6.95. The lowest BCUT2D eigenvalue weighted by Crippen LogP contribution is -2.19. The molecule has 1 amide bonds. The standard InChI is InChI=1S/C22H26N2O4S2/c1-22(2,3)16-8-6-15(7-9-16)20(25)23-21-24(12-13-28-4)18-11-10-17(30(5,26)27)14-19(18)29-21/h6-11,14H,12-13H2,1-5H3.